The van der Waals surface area contributed by atoms with Crippen molar-refractivity contribution in [3.8, 4) is 0 Å². The van der Waals surface area contributed by atoms with Crippen molar-refractivity contribution in [2.45, 2.75) is 51.7 Å². The number of carboxylic acid groups (broad SMARTS) is 1. The van der Waals surface area contributed by atoms with Gasteiger partial charge in [-0.2, -0.15) is 13.2 Å². The maximum Gasteiger partial charge on any atom is 0.403 e. The molecule has 0 spiro atoms. The molecule has 6 heteroatoms. The van der Waals surface area contributed by atoms with E-state index in [1.165, 1.54) is 0 Å². The van der Waals surface area contributed by atoms with Crippen molar-refractivity contribution in [3.63, 3.8) is 0 Å². The van der Waals surface area contributed by atoms with E-state index in [-0.39, 0.29) is 11.5 Å². The van der Waals surface area contributed by atoms with Gasteiger partial charge in [-0.1, -0.05) is 13.8 Å². The van der Waals surface area contributed by atoms with Crippen LogP contribution < -0.4 is 5.32 Å². The molecule has 1 rings (SSSR count). The Balaban J connectivity index is 2.43. The van der Waals surface area contributed by atoms with Crippen LogP contribution in [0.3, 0.4) is 0 Å². The number of nitrogens with one attached hydrogen (secondary N) is 1. The van der Waals surface area contributed by atoms with E-state index in [0.29, 0.717) is 0 Å². The van der Waals surface area contributed by atoms with Crippen molar-refractivity contribution < 1.29 is 23.1 Å². The summed E-state index contributed by atoms with van der Waals surface area (Å²) in [7, 11) is 0. The third-order valence-corrected chi connectivity index (χ3v) is 3.64. The van der Waals surface area contributed by atoms with E-state index in [0.717, 1.165) is 25.7 Å². The van der Waals surface area contributed by atoms with Crippen LogP contribution in [0.25, 0.3) is 0 Å². The fraction of sp³-hybridized carbons (Fsp3) is 0.917. The Labute approximate surface area is 105 Å². The van der Waals surface area contributed by atoms with Crippen LogP contribution in [0.4, 0.5) is 13.2 Å². The second kappa shape index (κ2) is 5.47. The second-order valence-corrected chi connectivity index (χ2v) is 5.78. The number of hydrogen-bond donors (Lipinski definition) is 2. The van der Waals surface area contributed by atoms with Crippen molar-refractivity contribution in [3.05, 3.63) is 0 Å². The first-order chi connectivity index (χ1) is 8.12. The topological polar surface area (TPSA) is 49.3 Å². The van der Waals surface area contributed by atoms with Crippen molar-refractivity contribution in [1.29, 1.82) is 0 Å². The lowest BCUT2D eigenvalue weighted by Crippen LogP contribution is -2.44. The third-order valence-electron chi connectivity index (χ3n) is 3.64. The molecule has 18 heavy (non-hydrogen) atoms. The number of halogens is 3. The molecule has 0 aromatic heterocycles. The highest BCUT2D eigenvalue weighted by molar-refractivity contribution is 5.71. The number of aliphatic carboxylic acids is 1. The molecule has 106 valence electrons. The fourth-order valence-corrected chi connectivity index (χ4v) is 2.23. The SMILES string of the molecule is CC1(C)CCC(NCC(C(=O)O)C(F)(F)F)CC1. The summed E-state index contributed by atoms with van der Waals surface area (Å²) in [6.07, 6.45) is -1.18. The van der Waals surface area contributed by atoms with Gasteiger partial charge in [0, 0.05) is 12.6 Å². The first kappa shape index (κ1) is 15.3. The zero-order chi connectivity index (χ0) is 14.0. The summed E-state index contributed by atoms with van der Waals surface area (Å²) in [6, 6.07) is 0.00206. The Kier molecular flexibility index (Phi) is 4.64. The molecule has 0 heterocycles. The highest BCUT2D eigenvalue weighted by atomic mass is 19.4. The molecule has 0 aromatic carbocycles. The van der Waals surface area contributed by atoms with Gasteiger partial charge in [0.25, 0.3) is 0 Å². The largest absolute Gasteiger partial charge is 0.481 e. The first-order valence-corrected chi connectivity index (χ1v) is 6.15. The molecule has 0 bridgehead atoms. The molecular weight excluding hydrogens is 247 g/mol. The fourth-order valence-electron chi connectivity index (χ4n) is 2.23. The lowest BCUT2D eigenvalue weighted by molar-refractivity contribution is -0.192. The van der Waals surface area contributed by atoms with Crippen LogP contribution in [0.5, 0.6) is 0 Å². The highest BCUT2D eigenvalue weighted by Gasteiger charge is 2.45. The maximum absolute atomic E-state index is 12.4. The van der Waals surface area contributed by atoms with E-state index in [9.17, 15) is 18.0 Å². The predicted octanol–water partition coefficient (Wildman–Crippen LogP) is 2.81. The Hall–Kier alpha value is -0.780. The smallest absolute Gasteiger partial charge is 0.403 e. The van der Waals surface area contributed by atoms with Gasteiger partial charge in [-0.25, -0.2) is 0 Å². The van der Waals surface area contributed by atoms with E-state index in [1.807, 2.05) is 0 Å². The Morgan fingerprint density at radius 2 is 1.89 bits per heavy atom. The van der Waals surface area contributed by atoms with Gasteiger partial charge in [0.1, 0.15) is 0 Å². The van der Waals surface area contributed by atoms with E-state index in [4.69, 9.17) is 5.11 Å². The molecule has 1 unspecified atom stereocenters. The number of carboxylic acids is 1. The highest BCUT2D eigenvalue weighted by Crippen LogP contribution is 2.35. The van der Waals surface area contributed by atoms with Gasteiger partial charge >= 0.3 is 12.1 Å². The quantitative estimate of drug-likeness (QED) is 0.823. The predicted molar refractivity (Wildman–Crippen MR) is 61.2 cm³/mol. The standard InChI is InChI=1S/C12H20F3NO2/c1-11(2)5-3-8(4-6-11)16-7-9(10(17)18)12(13,14)15/h8-9,16H,3-7H2,1-2H3,(H,17,18). The van der Waals surface area contributed by atoms with Gasteiger partial charge < -0.3 is 10.4 Å². The van der Waals surface area contributed by atoms with Crippen LogP contribution in [-0.2, 0) is 4.79 Å². The summed E-state index contributed by atoms with van der Waals surface area (Å²) in [5.41, 5.74) is 0.244. The average molecular weight is 267 g/mol. The van der Waals surface area contributed by atoms with E-state index in [1.54, 1.807) is 0 Å². The molecule has 0 radical (unpaired) electrons. The van der Waals surface area contributed by atoms with Gasteiger partial charge in [-0.15, -0.1) is 0 Å². The number of carbonyl (C=O) groups is 1. The van der Waals surface area contributed by atoms with E-state index >= 15 is 0 Å². The molecular formula is C12H20F3NO2. The molecule has 1 aliphatic rings. The normalized spacial score (nSPS) is 22.7. The molecule has 0 saturated heterocycles. The van der Waals surface area contributed by atoms with Crippen molar-refractivity contribution in [2.75, 3.05) is 6.54 Å². The summed E-state index contributed by atoms with van der Waals surface area (Å²) in [5.74, 6) is -4.13. The average Bonchev–Trinajstić information content (AvgIpc) is 2.18. The minimum Gasteiger partial charge on any atom is -0.481 e. The van der Waals surface area contributed by atoms with Crippen molar-refractivity contribution in [1.82, 2.24) is 5.32 Å². The molecule has 1 atom stereocenters. The van der Waals surface area contributed by atoms with E-state index < -0.39 is 24.6 Å². The van der Waals surface area contributed by atoms with Gasteiger partial charge in [0.15, 0.2) is 5.92 Å². The molecule has 3 nitrogen and oxygen atoms in total. The zero-order valence-electron chi connectivity index (χ0n) is 10.7. The van der Waals surface area contributed by atoms with Crippen LogP contribution in [0.15, 0.2) is 0 Å². The molecule has 0 aromatic rings. The van der Waals surface area contributed by atoms with E-state index in [2.05, 4.69) is 19.2 Å². The van der Waals surface area contributed by atoms with Gasteiger partial charge in [-0.05, 0) is 31.1 Å². The number of alkyl halides is 3. The van der Waals surface area contributed by atoms with Crippen LogP contribution in [0.1, 0.15) is 39.5 Å². The molecule has 1 fully saturated rings. The molecule has 1 saturated carbocycles. The van der Waals surface area contributed by atoms with Crippen molar-refractivity contribution >= 4 is 5.97 Å². The Morgan fingerprint density at radius 3 is 2.28 bits per heavy atom. The van der Waals surface area contributed by atoms with Crippen LogP contribution in [-0.4, -0.2) is 29.8 Å². The van der Waals surface area contributed by atoms with Crippen LogP contribution in [0.2, 0.25) is 0 Å². The van der Waals surface area contributed by atoms with Gasteiger partial charge in [0.05, 0.1) is 0 Å². The van der Waals surface area contributed by atoms with Gasteiger partial charge in [-0.3, -0.25) is 4.79 Å². The lowest BCUT2D eigenvalue weighted by Gasteiger charge is -2.35. The maximum atomic E-state index is 12.4. The Bertz CT molecular complexity index is 292. The number of rotatable bonds is 4. The zero-order valence-corrected chi connectivity index (χ0v) is 10.7. The summed E-state index contributed by atoms with van der Waals surface area (Å²) in [6.45, 7) is 3.74. The van der Waals surface area contributed by atoms with Crippen LogP contribution >= 0.6 is 0 Å². The number of hydrogen-bond acceptors (Lipinski definition) is 2. The molecule has 1 aliphatic carbocycles. The Morgan fingerprint density at radius 1 is 1.39 bits per heavy atom. The van der Waals surface area contributed by atoms with Crippen molar-refractivity contribution in [2.24, 2.45) is 11.3 Å². The minimum atomic E-state index is -4.69. The van der Waals surface area contributed by atoms with Gasteiger partial charge in [0.2, 0.25) is 0 Å². The molecule has 2 N–H and O–H groups in total. The lowest BCUT2D eigenvalue weighted by atomic mass is 9.75. The first-order valence-electron chi connectivity index (χ1n) is 6.15. The minimum absolute atomic E-state index is 0.00206. The summed E-state index contributed by atoms with van der Waals surface area (Å²) >= 11 is 0. The molecule has 0 aliphatic heterocycles. The summed E-state index contributed by atoms with van der Waals surface area (Å²) in [5, 5.41) is 11.3. The third kappa shape index (κ3) is 4.48. The van der Waals surface area contributed by atoms with Crippen LogP contribution in [0, 0.1) is 11.3 Å². The monoisotopic (exact) mass is 267 g/mol. The summed E-state index contributed by atoms with van der Waals surface area (Å²) in [4.78, 5) is 10.6. The summed E-state index contributed by atoms with van der Waals surface area (Å²) < 4.78 is 37.3. The molecule has 0 amide bonds. The second-order valence-electron chi connectivity index (χ2n) is 5.78.